The average molecular weight is 167 g/mol. The van der Waals surface area contributed by atoms with E-state index in [9.17, 15) is 0 Å². The molecule has 1 aliphatic heterocycles. The minimum Gasteiger partial charge on any atom is -0.330 e. The molecule has 68 valence electrons. The second kappa shape index (κ2) is 5.13. The van der Waals surface area contributed by atoms with Crippen LogP contribution in [0.4, 0.5) is 0 Å². The zero-order chi connectivity index (χ0) is 8.81. The fourth-order valence-electron chi connectivity index (χ4n) is 1.69. The van der Waals surface area contributed by atoms with Gasteiger partial charge in [0, 0.05) is 13.0 Å². The van der Waals surface area contributed by atoms with Crippen LogP contribution in [0, 0.1) is 17.2 Å². The molecular formula is C9H17N3. The van der Waals surface area contributed by atoms with E-state index in [1.807, 2.05) is 0 Å². The molecule has 3 nitrogen and oxygen atoms in total. The SMILES string of the molecule is N#CCCCN1CCC(CN)C1. The summed E-state index contributed by atoms with van der Waals surface area (Å²) in [5, 5.41) is 8.35. The van der Waals surface area contributed by atoms with Crippen molar-refractivity contribution < 1.29 is 0 Å². The molecule has 1 aliphatic rings. The Morgan fingerprint density at radius 2 is 2.42 bits per heavy atom. The first-order chi connectivity index (χ1) is 5.86. The van der Waals surface area contributed by atoms with Crippen molar-refractivity contribution in [3.63, 3.8) is 0 Å². The molecule has 1 atom stereocenters. The Labute approximate surface area is 74.1 Å². The van der Waals surface area contributed by atoms with Gasteiger partial charge in [0.1, 0.15) is 0 Å². The number of unbranched alkanes of at least 4 members (excludes halogenated alkanes) is 1. The van der Waals surface area contributed by atoms with E-state index in [1.165, 1.54) is 13.0 Å². The molecule has 0 aromatic heterocycles. The first kappa shape index (κ1) is 9.50. The monoisotopic (exact) mass is 167 g/mol. The molecule has 1 unspecified atom stereocenters. The molecule has 12 heavy (non-hydrogen) atoms. The van der Waals surface area contributed by atoms with Gasteiger partial charge in [-0.15, -0.1) is 0 Å². The third-order valence-corrected chi connectivity index (χ3v) is 2.47. The van der Waals surface area contributed by atoms with Crippen molar-refractivity contribution in [1.29, 1.82) is 5.26 Å². The average Bonchev–Trinajstić information content (AvgIpc) is 2.53. The molecule has 0 amide bonds. The van der Waals surface area contributed by atoms with Gasteiger partial charge in [-0.1, -0.05) is 0 Å². The Morgan fingerprint density at radius 3 is 3.00 bits per heavy atom. The topological polar surface area (TPSA) is 53.0 Å². The Bertz CT molecular complexity index is 162. The smallest absolute Gasteiger partial charge is 0.0622 e. The fourth-order valence-corrected chi connectivity index (χ4v) is 1.69. The van der Waals surface area contributed by atoms with Crippen LogP contribution in [-0.4, -0.2) is 31.1 Å². The van der Waals surface area contributed by atoms with E-state index in [4.69, 9.17) is 11.0 Å². The van der Waals surface area contributed by atoms with Crippen LogP contribution in [0.1, 0.15) is 19.3 Å². The predicted molar refractivity (Wildman–Crippen MR) is 48.4 cm³/mol. The van der Waals surface area contributed by atoms with E-state index in [1.54, 1.807) is 0 Å². The standard InChI is InChI=1S/C9H17N3/c10-4-1-2-5-12-6-3-9(7-11)8-12/h9H,1-3,5-8,11H2. The van der Waals surface area contributed by atoms with E-state index < -0.39 is 0 Å². The van der Waals surface area contributed by atoms with Crippen molar-refractivity contribution in [3.8, 4) is 6.07 Å². The van der Waals surface area contributed by atoms with E-state index in [0.717, 1.165) is 26.1 Å². The summed E-state index contributed by atoms with van der Waals surface area (Å²) in [5.74, 6) is 0.701. The van der Waals surface area contributed by atoms with E-state index >= 15 is 0 Å². The second-order valence-electron chi connectivity index (χ2n) is 3.45. The van der Waals surface area contributed by atoms with Gasteiger partial charge in [-0.2, -0.15) is 5.26 Å². The van der Waals surface area contributed by atoms with Crippen molar-refractivity contribution >= 4 is 0 Å². The molecule has 0 aromatic carbocycles. The van der Waals surface area contributed by atoms with Gasteiger partial charge >= 0.3 is 0 Å². The number of nitrogens with two attached hydrogens (primary N) is 1. The zero-order valence-electron chi connectivity index (χ0n) is 7.50. The Balaban J connectivity index is 2.07. The van der Waals surface area contributed by atoms with Crippen molar-refractivity contribution in [2.75, 3.05) is 26.2 Å². The maximum absolute atomic E-state index is 8.35. The van der Waals surface area contributed by atoms with Gasteiger partial charge in [-0.25, -0.2) is 0 Å². The van der Waals surface area contributed by atoms with Crippen LogP contribution in [0.2, 0.25) is 0 Å². The zero-order valence-corrected chi connectivity index (χ0v) is 7.50. The van der Waals surface area contributed by atoms with Gasteiger partial charge in [0.05, 0.1) is 6.07 Å². The molecule has 1 saturated heterocycles. The number of nitrogens with zero attached hydrogens (tertiary/aromatic N) is 2. The van der Waals surface area contributed by atoms with Gasteiger partial charge < -0.3 is 10.6 Å². The molecule has 0 saturated carbocycles. The lowest BCUT2D eigenvalue weighted by Crippen LogP contribution is -2.24. The van der Waals surface area contributed by atoms with E-state index in [2.05, 4.69) is 11.0 Å². The van der Waals surface area contributed by atoms with Crippen LogP contribution in [0.25, 0.3) is 0 Å². The van der Waals surface area contributed by atoms with Crippen LogP contribution in [0.3, 0.4) is 0 Å². The van der Waals surface area contributed by atoms with Gasteiger partial charge in [-0.05, 0) is 38.4 Å². The largest absolute Gasteiger partial charge is 0.330 e. The van der Waals surface area contributed by atoms with Crippen LogP contribution >= 0.6 is 0 Å². The van der Waals surface area contributed by atoms with Crippen molar-refractivity contribution in [1.82, 2.24) is 4.90 Å². The lowest BCUT2D eigenvalue weighted by molar-refractivity contribution is 0.322. The summed E-state index contributed by atoms with van der Waals surface area (Å²) in [6.45, 7) is 4.20. The summed E-state index contributed by atoms with van der Waals surface area (Å²) in [7, 11) is 0. The molecule has 0 bridgehead atoms. The van der Waals surface area contributed by atoms with E-state index in [0.29, 0.717) is 12.3 Å². The summed E-state index contributed by atoms with van der Waals surface area (Å²) in [6.07, 6.45) is 2.93. The summed E-state index contributed by atoms with van der Waals surface area (Å²) >= 11 is 0. The highest BCUT2D eigenvalue weighted by molar-refractivity contribution is 4.77. The van der Waals surface area contributed by atoms with Gasteiger partial charge in [0.15, 0.2) is 0 Å². The third-order valence-electron chi connectivity index (χ3n) is 2.47. The first-order valence-electron chi connectivity index (χ1n) is 4.66. The summed E-state index contributed by atoms with van der Waals surface area (Å²) in [4.78, 5) is 2.41. The van der Waals surface area contributed by atoms with Gasteiger partial charge in [0.25, 0.3) is 0 Å². The van der Waals surface area contributed by atoms with Crippen molar-refractivity contribution in [2.45, 2.75) is 19.3 Å². The van der Waals surface area contributed by atoms with Crippen molar-refractivity contribution in [3.05, 3.63) is 0 Å². The molecule has 2 N–H and O–H groups in total. The molecule has 0 radical (unpaired) electrons. The van der Waals surface area contributed by atoms with Gasteiger partial charge in [-0.3, -0.25) is 0 Å². The predicted octanol–water partition coefficient (Wildman–Crippen LogP) is 0.571. The highest BCUT2D eigenvalue weighted by atomic mass is 15.1. The summed E-state index contributed by atoms with van der Waals surface area (Å²) in [5.41, 5.74) is 5.57. The highest BCUT2D eigenvalue weighted by Crippen LogP contribution is 2.14. The second-order valence-corrected chi connectivity index (χ2v) is 3.45. The Kier molecular flexibility index (Phi) is 4.06. The lowest BCUT2D eigenvalue weighted by atomic mass is 10.1. The molecule has 0 spiro atoms. The number of hydrogen-bond donors (Lipinski definition) is 1. The lowest BCUT2D eigenvalue weighted by Gasteiger charge is -2.13. The number of likely N-dealkylation sites (tertiary alicyclic amines) is 1. The number of nitriles is 1. The number of rotatable bonds is 4. The van der Waals surface area contributed by atoms with Crippen molar-refractivity contribution in [2.24, 2.45) is 11.7 Å². The molecule has 1 fully saturated rings. The quantitative estimate of drug-likeness (QED) is 0.623. The summed E-state index contributed by atoms with van der Waals surface area (Å²) < 4.78 is 0. The number of hydrogen-bond acceptors (Lipinski definition) is 3. The Hall–Kier alpha value is -0.590. The molecule has 1 rings (SSSR count). The summed E-state index contributed by atoms with van der Waals surface area (Å²) in [6, 6.07) is 2.17. The normalized spacial score (nSPS) is 24.2. The molecule has 0 aliphatic carbocycles. The van der Waals surface area contributed by atoms with E-state index in [-0.39, 0.29) is 0 Å². The highest BCUT2D eigenvalue weighted by Gasteiger charge is 2.19. The Morgan fingerprint density at radius 1 is 1.58 bits per heavy atom. The van der Waals surface area contributed by atoms with Crippen LogP contribution in [0.5, 0.6) is 0 Å². The molecule has 3 heteroatoms. The van der Waals surface area contributed by atoms with Crippen LogP contribution < -0.4 is 5.73 Å². The van der Waals surface area contributed by atoms with Crippen LogP contribution in [-0.2, 0) is 0 Å². The minimum atomic E-state index is 0.684. The third kappa shape index (κ3) is 2.80. The minimum absolute atomic E-state index is 0.684. The maximum Gasteiger partial charge on any atom is 0.0622 e. The van der Waals surface area contributed by atoms with Crippen LogP contribution in [0.15, 0.2) is 0 Å². The molecule has 1 heterocycles. The van der Waals surface area contributed by atoms with Gasteiger partial charge in [0.2, 0.25) is 0 Å². The fraction of sp³-hybridized carbons (Fsp3) is 0.889. The molecule has 0 aromatic rings. The molecular weight excluding hydrogens is 150 g/mol. The first-order valence-corrected chi connectivity index (χ1v) is 4.66. The maximum atomic E-state index is 8.35.